The van der Waals surface area contributed by atoms with Crippen LogP contribution < -0.4 is 11.1 Å². The van der Waals surface area contributed by atoms with E-state index in [9.17, 15) is 0 Å². The van der Waals surface area contributed by atoms with E-state index in [0.717, 1.165) is 5.82 Å². The van der Waals surface area contributed by atoms with E-state index in [2.05, 4.69) is 15.3 Å². The Labute approximate surface area is 190 Å². The molecule has 0 aromatic carbocycles. The van der Waals surface area contributed by atoms with E-state index in [4.69, 9.17) is 10.7 Å². The van der Waals surface area contributed by atoms with Gasteiger partial charge in [0.2, 0.25) is 11.9 Å². The van der Waals surface area contributed by atoms with Gasteiger partial charge in [-0.3, -0.25) is 0 Å². The lowest BCUT2D eigenvalue weighted by atomic mass is 9.94. The Morgan fingerprint density at radius 1 is 0.516 bits per heavy atom. The molecule has 176 valence electrons. The van der Waals surface area contributed by atoms with Gasteiger partial charge in [-0.05, 0) is 25.7 Å². The molecule has 0 saturated heterocycles. The van der Waals surface area contributed by atoms with Crippen LogP contribution in [0.1, 0.15) is 147 Å². The van der Waals surface area contributed by atoms with Crippen LogP contribution in [0, 0.1) is 0 Å². The van der Waals surface area contributed by atoms with E-state index in [-0.39, 0.29) is 0 Å². The highest BCUT2D eigenvalue weighted by Gasteiger charge is 2.19. The van der Waals surface area contributed by atoms with Gasteiger partial charge in [-0.1, -0.05) is 109 Å². The fourth-order valence-electron chi connectivity index (χ4n) is 5.39. The number of anilines is 2. The minimum atomic E-state index is 0.384. The molecule has 3 N–H and O–H groups in total. The fourth-order valence-corrected chi connectivity index (χ4v) is 5.39. The molecule has 1 aromatic heterocycles. The lowest BCUT2D eigenvalue weighted by Gasteiger charge is -2.21. The van der Waals surface area contributed by atoms with E-state index in [1.165, 1.54) is 135 Å². The molecule has 0 atom stereocenters. The predicted octanol–water partition coefficient (Wildman–Crippen LogP) is 7.54. The Morgan fingerprint density at radius 3 is 1.42 bits per heavy atom. The van der Waals surface area contributed by atoms with Crippen molar-refractivity contribution in [1.82, 2.24) is 15.0 Å². The standard InChI is InChI=1S/C26H47N5/c27-25-29-24(22-18-14-10-6-4-5-7-11-15-19-22)30-26(31-25)28-23-20-16-12-8-2-1-3-9-13-17-21-23/h22-23H,1-21H2,(H3,27,28,29,30,31). The molecular weight excluding hydrogens is 382 g/mol. The van der Waals surface area contributed by atoms with Crippen LogP contribution in [0.3, 0.4) is 0 Å². The van der Waals surface area contributed by atoms with Crippen molar-refractivity contribution in [2.45, 2.75) is 147 Å². The molecule has 0 amide bonds. The number of hydrogen-bond donors (Lipinski definition) is 2. The predicted molar refractivity (Wildman–Crippen MR) is 131 cm³/mol. The molecule has 0 radical (unpaired) electrons. The molecule has 0 spiro atoms. The highest BCUT2D eigenvalue weighted by Crippen LogP contribution is 2.29. The lowest BCUT2D eigenvalue weighted by Crippen LogP contribution is -2.23. The second kappa shape index (κ2) is 14.6. The number of rotatable bonds is 3. The topological polar surface area (TPSA) is 76.7 Å². The van der Waals surface area contributed by atoms with Crippen LogP contribution in [0.15, 0.2) is 0 Å². The van der Waals surface area contributed by atoms with Crippen LogP contribution in [-0.4, -0.2) is 21.0 Å². The molecule has 5 heteroatoms. The third kappa shape index (κ3) is 9.74. The number of nitrogen functional groups attached to an aromatic ring is 1. The van der Waals surface area contributed by atoms with E-state index < -0.39 is 0 Å². The van der Waals surface area contributed by atoms with Crippen molar-refractivity contribution < 1.29 is 0 Å². The van der Waals surface area contributed by atoms with Gasteiger partial charge in [0.05, 0.1) is 0 Å². The van der Waals surface area contributed by atoms with Gasteiger partial charge in [0, 0.05) is 12.0 Å². The van der Waals surface area contributed by atoms with Gasteiger partial charge in [-0.15, -0.1) is 0 Å². The van der Waals surface area contributed by atoms with E-state index in [0.29, 0.717) is 23.9 Å². The van der Waals surface area contributed by atoms with E-state index in [1.54, 1.807) is 0 Å². The number of nitrogens with two attached hydrogens (primary N) is 1. The van der Waals surface area contributed by atoms with E-state index >= 15 is 0 Å². The number of nitrogens with one attached hydrogen (secondary N) is 1. The van der Waals surface area contributed by atoms with Crippen LogP contribution >= 0.6 is 0 Å². The molecule has 0 unspecified atom stereocenters. The van der Waals surface area contributed by atoms with Gasteiger partial charge < -0.3 is 11.1 Å². The zero-order valence-corrected chi connectivity index (χ0v) is 19.9. The summed E-state index contributed by atoms with van der Waals surface area (Å²) in [4.78, 5) is 14.0. The molecule has 31 heavy (non-hydrogen) atoms. The summed E-state index contributed by atoms with van der Waals surface area (Å²) in [5, 5.41) is 3.67. The largest absolute Gasteiger partial charge is 0.368 e. The molecule has 0 aliphatic heterocycles. The minimum absolute atomic E-state index is 0.384. The van der Waals surface area contributed by atoms with E-state index in [1.807, 2.05) is 0 Å². The first-order chi connectivity index (χ1) is 15.3. The molecular formula is C26H47N5. The first-order valence-electron chi connectivity index (χ1n) is 13.6. The van der Waals surface area contributed by atoms with Crippen LogP contribution in [0.2, 0.25) is 0 Å². The first-order valence-corrected chi connectivity index (χ1v) is 13.6. The maximum absolute atomic E-state index is 6.16. The summed E-state index contributed by atoms with van der Waals surface area (Å²) in [6, 6.07) is 0.460. The molecule has 1 heterocycles. The van der Waals surface area contributed by atoms with Crippen LogP contribution in [-0.2, 0) is 0 Å². The highest BCUT2D eigenvalue weighted by atomic mass is 15.2. The zero-order chi connectivity index (χ0) is 21.6. The SMILES string of the molecule is Nc1nc(NC2CCCCCCCCCCC2)nc(C2CCCCCCCCCC2)n1. The van der Waals surface area contributed by atoms with Crippen LogP contribution in [0.5, 0.6) is 0 Å². The van der Waals surface area contributed by atoms with Crippen LogP contribution in [0.4, 0.5) is 11.9 Å². The van der Waals surface area contributed by atoms with Crippen molar-refractivity contribution in [2.75, 3.05) is 11.1 Å². The van der Waals surface area contributed by atoms with Gasteiger partial charge in [-0.2, -0.15) is 15.0 Å². The van der Waals surface area contributed by atoms with Gasteiger partial charge in [0.15, 0.2) is 0 Å². The summed E-state index contributed by atoms with van der Waals surface area (Å²) in [6.07, 6.45) is 27.9. The summed E-state index contributed by atoms with van der Waals surface area (Å²) in [5.41, 5.74) is 6.16. The summed E-state index contributed by atoms with van der Waals surface area (Å²) in [6.45, 7) is 0. The lowest BCUT2D eigenvalue weighted by molar-refractivity contribution is 0.476. The van der Waals surface area contributed by atoms with Crippen molar-refractivity contribution in [2.24, 2.45) is 0 Å². The average Bonchev–Trinajstić information content (AvgIpc) is 2.81. The normalized spacial score (nSPS) is 22.6. The molecule has 3 rings (SSSR count). The Kier molecular flexibility index (Phi) is 11.4. The quantitative estimate of drug-likeness (QED) is 0.519. The van der Waals surface area contributed by atoms with Gasteiger partial charge in [-0.25, -0.2) is 0 Å². The molecule has 2 aliphatic rings. The molecule has 1 aromatic rings. The van der Waals surface area contributed by atoms with Crippen molar-refractivity contribution in [3.63, 3.8) is 0 Å². The van der Waals surface area contributed by atoms with Gasteiger partial charge in [0.1, 0.15) is 5.82 Å². The molecule has 2 saturated carbocycles. The molecule has 5 nitrogen and oxygen atoms in total. The van der Waals surface area contributed by atoms with Crippen molar-refractivity contribution in [3.8, 4) is 0 Å². The summed E-state index contributed by atoms with van der Waals surface area (Å²) < 4.78 is 0. The summed E-state index contributed by atoms with van der Waals surface area (Å²) in [5.74, 6) is 2.46. The Morgan fingerprint density at radius 2 is 0.935 bits per heavy atom. The Bertz CT molecular complexity index is 581. The Balaban J connectivity index is 1.63. The smallest absolute Gasteiger partial charge is 0.227 e. The summed E-state index contributed by atoms with van der Waals surface area (Å²) >= 11 is 0. The summed E-state index contributed by atoms with van der Waals surface area (Å²) in [7, 11) is 0. The molecule has 0 bridgehead atoms. The monoisotopic (exact) mass is 429 g/mol. The van der Waals surface area contributed by atoms with Gasteiger partial charge in [0.25, 0.3) is 0 Å². The minimum Gasteiger partial charge on any atom is -0.368 e. The average molecular weight is 430 g/mol. The number of nitrogens with zero attached hydrogens (tertiary/aromatic N) is 3. The van der Waals surface area contributed by atoms with Crippen molar-refractivity contribution in [3.05, 3.63) is 5.82 Å². The maximum atomic E-state index is 6.16. The second-order valence-electron chi connectivity index (χ2n) is 10.1. The van der Waals surface area contributed by atoms with Crippen molar-refractivity contribution >= 4 is 11.9 Å². The highest BCUT2D eigenvalue weighted by molar-refractivity contribution is 5.32. The van der Waals surface area contributed by atoms with Crippen LogP contribution in [0.25, 0.3) is 0 Å². The zero-order valence-electron chi connectivity index (χ0n) is 19.9. The van der Waals surface area contributed by atoms with Gasteiger partial charge >= 0.3 is 0 Å². The number of aromatic nitrogens is 3. The fraction of sp³-hybridized carbons (Fsp3) is 0.885. The Hall–Kier alpha value is -1.39. The number of hydrogen-bond acceptors (Lipinski definition) is 5. The molecule has 2 fully saturated rings. The van der Waals surface area contributed by atoms with Crippen molar-refractivity contribution in [1.29, 1.82) is 0 Å². The third-order valence-corrected chi connectivity index (χ3v) is 7.33. The molecule has 2 aliphatic carbocycles. The second-order valence-corrected chi connectivity index (χ2v) is 10.1. The third-order valence-electron chi connectivity index (χ3n) is 7.33. The maximum Gasteiger partial charge on any atom is 0.227 e. The first kappa shape index (κ1) is 24.3.